The first kappa shape index (κ1) is 13.1. The summed E-state index contributed by atoms with van der Waals surface area (Å²) < 4.78 is 0. The molecule has 1 aliphatic carbocycles. The van der Waals surface area contributed by atoms with Gasteiger partial charge in [-0.25, -0.2) is 0 Å². The van der Waals surface area contributed by atoms with E-state index in [1.807, 2.05) is 0 Å². The molecule has 0 nitrogen and oxygen atoms in total. The lowest BCUT2D eigenvalue weighted by Crippen LogP contribution is -2.19. The molecular formula is C15H30. The molecule has 0 bridgehead atoms. The third kappa shape index (κ3) is 3.50. The van der Waals surface area contributed by atoms with E-state index >= 15 is 0 Å². The van der Waals surface area contributed by atoms with Gasteiger partial charge in [-0.15, -0.1) is 0 Å². The molecule has 90 valence electrons. The molecule has 0 amide bonds. The summed E-state index contributed by atoms with van der Waals surface area (Å²) in [6, 6.07) is 0. The van der Waals surface area contributed by atoms with E-state index in [4.69, 9.17) is 0 Å². The maximum Gasteiger partial charge on any atom is -0.0357 e. The molecule has 1 fully saturated rings. The summed E-state index contributed by atoms with van der Waals surface area (Å²) in [7, 11) is 0. The second-order valence-corrected chi connectivity index (χ2v) is 6.14. The fraction of sp³-hybridized carbons (Fsp3) is 1.00. The van der Waals surface area contributed by atoms with Gasteiger partial charge in [0.15, 0.2) is 0 Å². The maximum absolute atomic E-state index is 2.48. The second kappa shape index (κ2) is 5.92. The second-order valence-electron chi connectivity index (χ2n) is 6.14. The average Bonchev–Trinajstić information content (AvgIpc) is 2.54. The van der Waals surface area contributed by atoms with E-state index < -0.39 is 0 Å². The fourth-order valence-corrected chi connectivity index (χ4v) is 3.59. The van der Waals surface area contributed by atoms with Gasteiger partial charge in [-0.2, -0.15) is 0 Å². The van der Waals surface area contributed by atoms with Crippen molar-refractivity contribution in [3.63, 3.8) is 0 Å². The van der Waals surface area contributed by atoms with Crippen LogP contribution < -0.4 is 0 Å². The Hall–Kier alpha value is 0. The first-order valence-corrected chi connectivity index (χ1v) is 7.08. The normalized spacial score (nSPS) is 35.4. The van der Waals surface area contributed by atoms with Gasteiger partial charge in [0.2, 0.25) is 0 Å². The third-order valence-electron chi connectivity index (χ3n) is 4.71. The van der Waals surface area contributed by atoms with E-state index in [9.17, 15) is 0 Å². The molecular weight excluding hydrogens is 180 g/mol. The van der Waals surface area contributed by atoms with Crippen molar-refractivity contribution < 1.29 is 0 Å². The van der Waals surface area contributed by atoms with Crippen molar-refractivity contribution in [2.45, 2.75) is 66.7 Å². The van der Waals surface area contributed by atoms with Crippen LogP contribution in [-0.4, -0.2) is 0 Å². The van der Waals surface area contributed by atoms with E-state index in [1.165, 1.54) is 32.1 Å². The highest BCUT2D eigenvalue weighted by Gasteiger charge is 2.33. The molecule has 0 aliphatic heterocycles. The van der Waals surface area contributed by atoms with Crippen LogP contribution in [0.15, 0.2) is 0 Å². The van der Waals surface area contributed by atoms with Gasteiger partial charge in [0.25, 0.3) is 0 Å². The van der Waals surface area contributed by atoms with Gasteiger partial charge in [0.1, 0.15) is 0 Å². The Morgan fingerprint density at radius 1 is 1.07 bits per heavy atom. The van der Waals surface area contributed by atoms with Crippen molar-refractivity contribution in [1.82, 2.24) is 0 Å². The largest absolute Gasteiger partial charge is 0.0651 e. The number of rotatable bonds is 5. The summed E-state index contributed by atoms with van der Waals surface area (Å²) in [5.74, 6) is 4.92. The van der Waals surface area contributed by atoms with E-state index in [1.54, 1.807) is 0 Å². The van der Waals surface area contributed by atoms with E-state index in [0.29, 0.717) is 0 Å². The smallest absolute Gasteiger partial charge is 0.0357 e. The van der Waals surface area contributed by atoms with Crippen LogP contribution in [0.5, 0.6) is 0 Å². The van der Waals surface area contributed by atoms with Crippen LogP contribution in [0.1, 0.15) is 66.7 Å². The molecule has 1 aliphatic rings. The average molecular weight is 210 g/mol. The molecule has 0 spiro atoms. The summed E-state index contributed by atoms with van der Waals surface area (Å²) in [4.78, 5) is 0. The summed E-state index contributed by atoms with van der Waals surface area (Å²) in [5.41, 5.74) is 0. The zero-order chi connectivity index (χ0) is 11.4. The molecule has 15 heavy (non-hydrogen) atoms. The molecule has 0 aromatic carbocycles. The minimum atomic E-state index is 0.929. The highest BCUT2D eigenvalue weighted by atomic mass is 14.4. The van der Waals surface area contributed by atoms with Gasteiger partial charge < -0.3 is 0 Å². The predicted molar refractivity (Wildman–Crippen MR) is 68.9 cm³/mol. The molecule has 1 saturated carbocycles. The van der Waals surface area contributed by atoms with Crippen molar-refractivity contribution in [2.75, 3.05) is 0 Å². The summed E-state index contributed by atoms with van der Waals surface area (Å²) in [6.07, 6.45) is 7.19. The highest BCUT2D eigenvalue weighted by molar-refractivity contribution is 4.84. The van der Waals surface area contributed by atoms with Crippen molar-refractivity contribution in [3.8, 4) is 0 Å². The van der Waals surface area contributed by atoms with E-state index in [0.717, 1.165) is 29.6 Å². The summed E-state index contributed by atoms with van der Waals surface area (Å²) in [5, 5.41) is 0. The molecule has 0 radical (unpaired) electrons. The Kier molecular flexibility index (Phi) is 5.15. The Morgan fingerprint density at radius 2 is 1.73 bits per heavy atom. The molecule has 5 atom stereocenters. The first-order valence-electron chi connectivity index (χ1n) is 7.08. The topological polar surface area (TPSA) is 0 Å². The number of hydrogen-bond donors (Lipinski definition) is 0. The lowest BCUT2D eigenvalue weighted by atomic mass is 9.78. The molecule has 0 heteroatoms. The van der Waals surface area contributed by atoms with Crippen LogP contribution in [0.25, 0.3) is 0 Å². The molecule has 0 heterocycles. The van der Waals surface area contributed by atoms with Gasteiger partial charge >= 0.3 is 0 Å². The lowest BCUT2D eigenvalue weighted by Gasteiger charge is -2.28. The van der Waals surface area contributed by atoms with Crippen molar-refractivity contribution in [1.29, 1.82) is 0 Å². The monoisotopic (exact) mass is 210 g/mol. The van der Waals surface area contributed by atoms with Crippen molar-refractivity contribution >= 4 is 0 Å². The minimum absolute atomic E-state index is 0.929. The van der Waals surface area contributed by atoms with E-state index in [-0.39, 0.29) is 0 Å². The fourth-order valence-electron chi connectivity index (χ4n) is 3.59. The first-order chi connectivity index (χ1) is 7.08. The quantitative estimate of drug-likeness (QED) is 0.590. The summed E-state index contributed by atoms with van der Waals surface area (Å²) >= 11 is 0. The zero-order valence-corrected chi connectivity index (χ0v) is 11.4. The van der Waals surface area contributed by atoms with Crippen molar-refractivity contribution in [2.24, 2.45) is 29.6 Å². The molecule has 0 aromatic rings. The standard InChI is InChI=1S/C15H30/c1-6-11(3)9-14(7-2)15-10-12(4)8-13(15)5/h11-15H,6-10H2,1-5H3. The van der Waals surface area contributed by atoms with Crippen LogP contribution in [0.3, 0.4) is 0 Å². The maximum atomic E-state index is 2.48. The molecule has 0 N–H and O–H groups in total. The summed E-state index contributed by atoms with van der Waals surface area (Å²) in [6.45, 7) is 12.1. The lowest BCUT2D eigenvalue weighted by molar-refractivity contribution is 0.222. The Bertz CT molecular complexity index is 173. The van der Waals surface area contributed by atoms with Gasteiger partial charge in [-0.1, -0.05) is 47.5 Å². The van der Waals surface area contributed by atoms with Gasteiger partial charge in [-0.05, 0) is 48.9 Å². The van der Waals surface area contributed by atoms with Gasteiger partial charge in [0.05, 0.1) is 0 Å². The Morgan fingerprint density at radius 3 is 2.13 bits per heavy atom. The van der Waals surface area contributed by atoms with Crippen LogP contribution in [0.2, 0.25) is 0 Å². The minimum Gasteiger partial charge on any atom is -0.0651 e. The van der Waals surface area contributed by atoms with E-state index in [2.05, 4.69) is 34.6 Å². The number of hydrogen-bond acceptors (Lipinski definition) is 0. The van der Waals surface area contributed by atoms with Crippen LogP contribution >= 0.6 is 0 Å². The Balaban J connectivity index is 2.50. The predicted octanol–water partition coefficient (Wildman–Crippen LogP) is 5.13. The van der Waals surface area contributed by atoms with Crippen molar-refractivity contribution in [3.05, 3.63) is 0 Å². The molecule has 5 unspecified atom stereocenters. The van der Waals surface area contributed by atoms with Crippen LogP contribution in [-0.2, 0) is 0 Å². The van der Waals surface area contributed by atoms with Crippen LogP contribution in [0, 0.1) is 29.6 Å². The Labute approximate surface area is 96.8 Å². The zero-order valence-electron chi connectivity index (χ0n) is 11.4. The molecule has 1 rings (SSSR count). The highest BCUT2D eigenvalue weighted by Crippen LogP contribution is 2.43. The van der Waals surface area contributed by atoms with Gasteiger partial charge in [0, 0.05) is 0 Å². The molecule has 0 saturated heterocycles. The van der Waals surface area contributed by atoms with Crippen LogP contribution in [0.4, 0.5) is 0 Å². The SMILES string of the molecule is CCC(C)CC(CC)C1CC(C)CC1C. The van der Waals surface area contributed by atoms with Gasteiger partial charge in [-0.3, -0.25) is 0 Å². The third-order valence-corrected chi connectivity index (χ3v) is 4.71. The molecule has 0 aromatic heterocycles.